The van der Waals surface area contributed by atoms with Gasteiger partial charge in [0, 0.05) is 30.1 Å². The van der Waals surface area contributed by atoms with Crippen LogP contribution in [0.15, 0.2) is 12.1 Å². The number of nitrogens with one attached hydrogen (secondary N) is 1. The molecule has 1 N–H and O–H groups in total. The van der Waals surface area contributed by atoms with E-state index in [1.54, 1.807) is 16.8 Å². The van der Waals surface area contributed by atoms with Crippen LogP contribution >= 0.6 is 34.8 Å². The van der Waals surface area contributed by atoms with E-state index in [2.05, 4.69) is 16.5 Å². The molecule has 1 aromatic heterocycles. The lowest BCUT2D eigenvalue weighted by atomic mass is 10.1. The molecular formula is C13H9Cl3N4. The average molecular weight is 328 g/mol. The summed E-state index contributed by atoms with van der Waals surface area (Å²) in [6.07, 6.45) is 0.763. The third-order valence-corrected chi connectivity index (χ3v) is 4.02. The largest absolute Gasteiger partial charge is 0.312 e. The Morgan fingerprint density at radius 1 is 1.25 bits per heavy atom. The molecule has 0 bridgehead atoms. The molecule has 0 spiro atoms. The second-order valence-electron chi connectivity index (χ2n) is 4.44. The first-order valence-electron chi connectivity index (χ1n) is 5.98. The summed E-state index contributed by atoms with van der Waals surface area (Å²) in [6.45, 7) is 1.45. The summed E-state index contributed by atoms with van der Waals surface area (Å²) >= 11 is 18.4. The number of fused-ring (bicyclic) bond motifs is 1. The monoisotopic (exact) mass is 326 g/mol. The van der Waals surface area contributed by atoms with Gasteiger partial charge in [-0.05, 0) is 12.1 Å². The van der Waals surface area contributed by atoms with Gasteiger partial charge in [-0.2, -0.15) is 10.4 Å². The minimum absolute atomic E-state index is 0.397. The summed E-state index contributed by atoms with van der Waals surface area (Å²) in [5.41, 5.74) is 2.83. The van der Waals surface area contributed by atoms with E-state index in [9.17, 15) is 5.26 Å². The van der Waals surface area contributed by atoms with Crippen molar-refractivity contribution in [1.82, 2.24) is 15.1 Å². The topological polar surface area (TPSA) is 53.6 Å². The lowest BCUT2D eigenvalue weighted by Gasteiger charge is -2.16. The van der Waals surface area contributed by atoms with E-state index in [-0.39, 0.29) is 0 Å². The number of rotatable bonds is 1. The fourth-order valence-electron chi connectivity index (χ4n) is 2.36. The first-order valence-corrected chi connectivity index (χ1v) is 7.11. The van der Waals surface area contributed by atoms with Gasteiger partial charge in [0.05, 0.1) is 15.7 Å². The van der Waals surface area contributed by atoms with Gasteiger partial charge in [0.1, 0.15) is 11.8 Å². The Kier molecular flexibility index (Phi) is 3.61. The first kappa shape index (κ1) is 13.7. The molecule has 1 aliphatic heterocycles. The molecule has 0 aliphatic carbocycles. The number of nitrogens with zero attached hydrogens (tertiary/aromatic N) is 3. The number of halogens is 3. The minimum Gasteiger partial charge on any atom is -0.312 e. The smallest absolute Gasteiger partial charge is 0.167 e. The predicted molar refractivity (Wildman–Crippen MR) is 78.7 cm³/mol. The van der Waals surface area contributed by atoms with Crippen molar-refractivity contribution in [3.63, 3.8) is 0 Å². The fourth-order valence-corrected chi connectivity index (χ4v) is 3.34. The molecule has 0 fully saturated rings. The molecule has 0 radical (unpaired) electrons. The number of benzene rings is 1. The van der Waals surface area contributed by atoms with Crippen LogP contribution in [0.3, 0.4) is 0 Å². The number of hydrogen-bond acceptors (Lipinski definition) is 3. The number of hydrogen-bond donors (Lipinski definition) is 1. The van der Waals surface area contributed by atoms with Gasteiger partial charge in [-0.1, -0.05) is 34.8 Å². The van der Waals surface area contributed by atoms with Gasteiger partial charge < -0.3 is 5.32 Å². The molecule has 102 valence electrons. The Hall–Kier alpha value is -1.25. The summed E-state index contributed by atoms with van der Waals surface area (Å²) in [4.78, 5) is 0. The van der Waals surface area contributed by atoms with Gasteiger partial charge in [-0.3, -0.25) is 0 Å². The molecule has 0 unspecified atom stereocenters. The van der Waals surface area contributed by atoms with Crippen molar-refractivity contribution >= 4 is 34.8 Å². The van der Waals surface area contributed by atoms with Crippen LogP contribution in [0.2, 0.25) is 15.1 Å². The second kappa shape index (κ2) is 5.27. The molecule has 7 heteroatoms. The third kappa shape index (κ3) is 2.17. The van der Waals surface area contributed by atoms with Crippen LogP contribution in [-0.2, 0) is 13.0 Å². The molecule has 0 amide bonds. The summed E-state index contributed by atoms with van der Waals surface area (Å²) in [7, 11) is 0. The Morgan fingerprint density at radius 2 is 1.95 bits per heavy atom. The molecule has 1 aliphatic rings. The summed E-state index contributed by atoms with van der Waals surface area (Å²) in [5, 5.41) is 18.0. The summed E-state index contributed by atoms with van der Waals surface area (Å²) in [6, 6.07) is 5.34. The van der Waals surface area contributed by atoms with E-state index < -0.39 is 0 Å². The maximum absolute atomic E-state index is 9.20. The molecule has 1 aromatic carbocycles. The summed E-state index contributed by atoms with van der Waals surface area (Å²) in [5.74, 6) is 0. The van der Waals surface area contributed by atoms with E-state index >= 15 is 0 Å². The lowest BCUT2D eigenvalue weighted by molar-refractivity contribution is 0.622. The molecule has 4 nitrogen and oxygen atoms in total. The highest BCUT2D eigenvalue weighted by atomic mass is 35.5. The van der Waals surface area contributed by atoms with Crippen LogP contribution in [0.4, 0.5) is 0 Å². The first-order chi connectivity index (χ1) is 9.61. The number of aromatic nitrogens is 2. The number of nitriles is 1. The van der Waals surface area contributed by atoms with E-state index in [4.69, 9.17) is 34.8 Å². The van der Waals surface area contributed by atoms with Gasteiger partial charge in [0.15, 0.2) is 5.69 Å². The van der Waals surface area contributed by atoms with Crippen LogP contribution in [0, 0.1) is 11.3 Å². The highest BCUT2D eigenvalue weighted by Gasteiger charge is 2.23. The highest BCUT2D eigenvalue weighted by Crippen LogP contribution is 2.34. The SMILES string of the molecule is N#Cc1nn(-c2c(Cl)cc(Cl)cc2Cl)c2c1CNCC2. The highest BCUT2D eigenvalue weighted by molar-refractivity contribution is 6.40. The van der Waals surface area contributed by atoms with Crippen LogP contribution in [0.25, 0.3) is 5.69 Å². The summed E-state index contributed by atoms with van der Waals surface area (Å²) < 4.78 is 1.66. The van der Waals surface area contributed by atoms with Crippen molar-refractivity contribution in [1.29, 1.82) is 5.26 Å². The van der Waals surface area contributed by atoms with Crippen molar-refractivity contribution in [3.05, 3.63) is 44.2 Å². The van der Waals surface area contributed by atoms with Gasteiger partial charge in [-0.15, -0.1) is 0 Å². The van der Waals surface area contributed by atoms with Gasteiger partial charge in [0.25, 0.3) is 0 Å². The van der Waals surface area contributed by atoms with Crippen LogP contribution in [-0.4, -0.2) is 16.3 Å². The quantitative estimate of drug-likeness (QED) is 0.874. The Labute approximate surface area is 130 Å². The van der Waals surface area contributed by atoms with Crippen LogP contribution in [0.5, 0.6) is 0 Å². The molecule has 0 atom stereocenters. The zero-order valence-electron chi connectivity index (χ0n) is 10.3. The van der Waals surface area contributed by atoms with E-state index in [0.29, 0.717) is 33.0 Å². The van der Waals surface area contributed by atoms with Gasteiger partial charge in [0.2, 0.25) is 0 Å². The average Bonchev–Trinajstić information content (AvgIpc) is 2.77. The van der Waals surface area contributed by atoms with Crippen molar-refractivity contribution < 1.29 is 0 Å². The molecular weight excluding hydrogens is 319 g/mol. The van der Waals surface area contributed by atoms with Gasteiger partial charge >= 0.3 is 0 Å². The zero-order valence-corrected chi connectivity index (χ0v) is 12.5. The van der Waals surface area contributed by atoms with Gasteiger partial charge in [-0.25, -0.2) is 4.68 Å². The maximum Gasteiger partial charge on any atom is 0.167 e. The zero-order chi connectivity index (χ0) is 14.3. The van der Waals surface area contributed by atoms with Crippen LogP contribution in [0.1, 0.15) is 17.0 Å². The molecule has 2 aromatic rings. The molecule has 2 heterocycles. The van der Waals surface area contributed by atoms with Crippen molar-refractivity contribution in [3.8, 4) is 11.8 Å². The van der Waals surface area contributed by atoms with E-state index in [0.717, 1.165) is 24.2 Å². The Balaban J connectivity index is 2.26. The molecule has 20 heavy (non-hydrogen) atoms. The van der Waals surface area contributed by atoms with E-state index in [1.165, 1.54) is 0 Å². The lowest BCUT2D eigenvalue weighted by Crippen LogP contribution is -2.24. The normalized spacial score (nSPS) is 13.9. The molecule has 0 saturated heterocycles. The van der Waals surface area contributed by atoms with E-state index in [1.807, 2.05) is 0 Å². The van der Waals surface area contributed by atoms with Crippen LogP contribution < -0.4 is 5.32 Å². The second-order valence-corrected chi connectivity index (χ2v) is 5.69. The Morgan fingerprint density at radius 3 is 2.60 bits per heavy atom. The molecule has 0 saturated carbocycles. The standard InChI is InChI=1S/C13H9Cl3N4/c14-7-3-9(15)13(10(16)4-7)20-12-1-2-18-6-8(12)11(5-17)19-20/h3-4,18H,1-2,6H2. The minimum atomic E-state index is 0.397. The molecule has 3 rings (SSSR count). The van der Waals surface area contributed by atoms with Crippen molar-refractivity contribution in [2.45, 2.75) is 13.0 Å². The predicted octanol–water partition coefficient (Wildman–Crippen LogP) is 3.35. The fraction of sp³-hybridized carbons (Fsp3) is 0.231. The maximum atomic E-state index is 9.20. The van der Waals surface area contributed by atoms with Crippen molar-refractivity contribution in [2.75, 3.05) is 6.54 Å². The third-order valence-electron chi connectivity index (χ3n) is 3.23. The Bertz CT molecular complexity index is 707. The van der Waals surface area contributed by atoms with Crippen molar-refractivity contribution in [2.24, 2.45) is 0 Å².